The molecule has 18 heavy (non-hydrogen) atoms. The molecule has 2 fully saturated rings. The van der Waals surface area contributed by atoms with Crippen LogP contribution in [-0.2, 0) is 0 Å². The van der Waals surface area contributed by atoms with Crippen molar-refractivity contribution in [2.75, 3.05) is 18.0 Å². The highest BCUT2D eigenvalue weighted by molar-refractivity contribution is 14.1. The van der Waals surface area contributed by atoms with Gasteiger partial charge >= 0.3 is 0 Å². The van der Waals surface area contributed by atoms with Crippen molar-refractivity contribution < 1.29 is 4.79 Å². The lowest BCUT2D eigenvalue weighted by molar-refractivity contribution is 0.108. The summed E-state index contributed by atoms with van der Waals surface area (Å²) in [6.45, 7) is 2.11. The van der Waals surface area contributed by atoms with Gasteiger partial charge in [0.15, 0.2) is 0 Å². The number of anilines is 1. The van der Waals surface area contributed by atoms with Crippen LogP contribution in [0.5, 0.6) is 0 Å². The van der Waals surface area contributed by atoms with E-state index in [1.165, 1.54) is 25.7 Å². The maximum absolute atomic E-state index is 11.5. The molecule has 96 valence electrons. The van der Waals surface area contributed by atoms with Gasteiger partial charge in [0.1, 0.15) is 0 Å². The summed E-state index contributed by atoms with van der Waals surface area (Å²) in [5.41, 5.74) is 2.34. The molecule has 0 radical (unpaired) electrons. The van der Waals surface area contributed by atoms with Crippen molar-refractivity contribution in [2.24, 2.45) is 5.41 Å². The van der Waals surface area contributed by atoms with E-state index in [9.17, 15) is 4.79 Å². The van der Waals surface area contributed by atoms with Gasteiger partial charge in [-0.1, -0.05) is 6.07 Å². The number of carbonyl (C=O) groups is 1. The monoisotopic (exact) mass is 375 g/mol. The van der Waals surface area contributed by atoms with Crippen molar-refractivity contribution in [1.29, 1.82) is 0 Å². The molecule has 1 aliphatic heterocycles. The van der Waals surface area contributed by atoms with Crippen LogP contribution in [0.4, 0.5) is 5.69 Å². The predicted octanol–water partition coefficient (Wildman–Crippen LogP) is 4.05. The first-order valence-electron chi connectivity index (χ1n) is 6.35. The zero-order chi connectivity index (χ0) is 12.8. The standard InChI is InChI=1S/C14H15ClINO/c15-13(18)10-2-1-3-11(16)12(10)17-8-6-14(4-5-14)7-9-17/h1-3H,4-9H2. The Morgan fingerprint density at radius 3 is 2.44 bits per heavy atom. The molecule has 4 heteroatoms. The summed E-state index contributed by atoms with van der Waals surface area (Å²) in [5, 5.41) is -0.352. The fourth-order valence-electron chi connectivity index (χ4n) is 2.88. The number of nitrogens with zero attached hydrogens (tertiary/aromatic N) is 1. The van der Waals surface area contributed by atoms with Crippen LogP contribution < -0.4 is 4.90 Å². The normalized spacial score (nSPS) is 21.1. The van der Waals surface area contributed by atoms with Crippen LogP contribution in [0, 0.1) is 8.99 Å². The van der Waals surface area contributed by atoms with Crippen LogP contribution in [-0.4, -0.2) is 18.3 Å². The summed E-state index contributed by atoms with van der Waals surface area (Å²) < 4.78 is 1.12. The third-order valence-electron chi connectivity index (χ3n) is 4.30. The first kappa shape index (κ1) is 12.7. The van der Waals surface area contributed by atoms with Gasteiger partial charge in [0.25, 0.3) is 5.24 Å². The molecule has 1 heterocycles. The van der Waals surface area contributed by atoms with Gasteiger partial charge in [-0.2, -0.15) is 0 Å². The van der Waals surface area contributed by atoms with Crippen molar-refractivity contribution in [3.8, 4) is 0 Å². The molecule has 0 N–H and O–H groups in total. The van der Waals surface area contributed by atoms with Crippen molar-refractivity contribution in [3.63, 3.8) is 0 Å². The predicted molar refractivity (Wildman–Crippen MR) is 82.5 cm³/mol. The molecule has 1 saturated heterocycles. The topological polar surface area (TPSA) is 20.3 Å². The molecule has 1 aromatic rings. The van der Waals surface area contributed by atoms with Crippen LogP contribution in [0.2, 0.25) is 0 Å². The third-order valence-corrected chi connectivity index (χ3v) is 5.37. The minimum Gasteiger partial charge on any atom is -0.370 e. The first-order valence-corrected chi connectivity index (χ1v) is 7.80. The van der Waals surface area contributed by atoms with Crippen LogP contribution >= 0.6 is 34.2 Å². The lowest BCUT2D eigenvalue weighted by Gasteiger charge is -2.35. The van der Waals surface area contributed by atoms with Crippen LogP contribution in [0.1, 0.15) is 36.0 Å². The van der Waals surface area contributed by atoms with E-state index in [-0.39, 0.29) is 5.24 Å². The molecular formula is C14H15ClINO. The number of benzene rings is 1. The highest BCUT2D eigenvalue weighted by atomic mass is 127. The molecule has 3 rings (SSSR count). The average molecular weight is 376 g/mol. The summed E-state index contributed by atoms with van der Waals surface area (Å²) in [6.07, 6.45) is 5.31. The number of hydrogen-bond donors (Lipinski definition) is 0. The second-order valence-corrected chi connectivity index (χ2v) is 6.90. The van der Waals surface area contributed by atoms with E-state index in [0.717, 1.165) is 22.3 Å². The maximum Gasteiger partial charge on any atom is 0.254 e. The van der Waals surface area contributed by atoms with Crippen molar-refractivity contribution >= 4 is 45.1 Å². The molecule has 0 amide bonds. The Morgan fingerprint density at radius 1 is 1.22 bits per heavy atom. The summed E-state index contributed by atoms with van der Waals surface area (Å²) >= 11 is 7.99. The van der Waals surface area contributed by atoms with Gasteiger partial charge < -0.3 is 4.90 Å². The maximum atomic E-state index is 11.5. The summed E-state index contributed by atoms with van der Waals surface area (Å²) in [4.78, 5) is 13.9. The van der Waals surface area contributed by atoms with Gasteiger partial charge in [-0.15, -0.1) is 0 Å². The quantitative estimate of drug-likeness (QED) is 0.574. The minimum atomic E-state index is -0.352. The molecule has 1 saturated carbocycles. The highest BCUT2D eigenvalue weighted by Gasteiger charge is 2.44. The molecule has 0 bridgehead atoms. The largest absolute Gasteiger partial charge is 0.370 e. The number of carbonyl (C=O) groups excluding carboxylic acids is 1. The molecule has 0 unspecified atom stereocenters. The van der Waals surface area contributed by atoms with E-state index < -0.39 is 0 Å². The molecule has 2 nitrogen and oxygen atoms in total. The molecule has 0 aromatic heterocycles. The van der Waals surface area contributed by atoms with Gasteiger partial charge in [0.2, 0.25) is 0 Å². The van der Waals surface area contributed by atoms with Crippen molar-refractivity contribution in [2.45, 2.75) is 25.7 Å². The Hall–Kier alpha value is -0.290. The Kier molecular flexibility index (Phi) is 3.30. The van der Waals surface area contributed by atoms with E-state index in [4.69, 9.17) is 11.6 Å². The van der Waals surface area contributed by atoms with Gasteiger partial charge in [0, 0.05) is 16.7 Å². The zero-order valence-electron chi connectivity index (χ0n) is 10.1. The smallest absolute Gasteiger partial charge is 0.254 e. The van der Waals surface area contributed by atoms with Gasteiger partial charge in [-0.05, 0) is 77.4 Å². The SMILES string of the molecule is O=C(Cl)c1cccc(I)c1N1CCC2(CC1)CC2. The Bertz CT molecular complexity index is 489. The lowest BCUT2D eigenvalue weighted by atomic mass is 9.93. The second-order valence-electron chi connectivity index (χ2n) is 5.40. The average Bonchev–Trinajstić information content (AvgIpc) is 3.10. The van der Waals surface area contributed by atoms with Crippen molar-refractivity contribution in [1.82, 2.24) is 0 Å². The minimum absolute atomic E-state index is 0.352. The number of piperidine rings is 1. The molecule has 1 aromatic carbocycles. The number of halogens is 2. The van der Waals surface area contributed by atoms with Crippen LogP contribution in [0.25, 0.3) is 0 Å². The van der Waals surface area contributed by atoms with E-state index in [1.807, 2.05) is 18.2 Å². The van der Waals surface area contributed by atoms with Gasteiger partial charge in [-0.3, -0.25) is 4.79 Å². The van der Waals surface area contributed by atoms with E-state index in [0.29, 0.717) is 11.0 Å². The fraction of sp³-hybridized carbons (Fsp3) is 0.500. The lowest BCUT2D eigenvalue weighted by Crippen LogP contribution is -2.35. The fourth-order valence-corrected chi connectivity index (χ4v) is 3.87. The van der Waals surface area contributed by atoms with E-state index in [1.54, 1.807) is 0 Å². The van der Waals surface area contributed by atoms with Gasteiger partial charge in [0.05, 0.1) is 11.3 Å². The summed E-state index contributed by atoms with van der Waals surface area (Å²) in [6, 6.07) is 5.77. The highest BCUT2D eigenvalue weighted by Crippen LogP contribution is 2.54. The van der Waals surface area contributed by atoms with Gasteiger partial charge in [-0.25, -0.2) is 0 Å². The molecule has 1 spiro atoms. The first-order chi connectivity index (χ1) is 8.61. The van der Waals surface area contributed by atoms with E-state index >= 15 is 0 Å². The summed E-state index contributed by atoms with van der Waals surface area (Å²) in [5.74, 6) is 0. The number of hydrogen-bond acceptors (Lipinski definition) is 2. The number of rotatable bonds is 2. The van der Waals surface area contributed by atoms with Crippen LogP contribution in [0.3, 0.4) is 0 Å². The Morgan fingerprint density at radius 2 is 1.89 bits per heavy atom. The van der Waals surface area contributed by atoms with Crippen LogP contribution in [0.15, 0.2) is 18.2 Å². The molecule has 1 aliphatic carbocycles. The molecule has 0 atom stereocenters. The Balaban J connectivity index is 1.89. The third kappa shape index (κ3) is 2.27. The van der Waals surface area contributed by atoms with Crippen molar-refractivity contribution in [3.05, 3.63) is 27.3 Å². The number of para-hydroxylation sites is 1. The molecular weight excluding hydrogens is 361 g/mol. The zero-order valence-corrected chi connectivity index (χ0v) is 13.0. The summed E-state index contributed by atoms with van der Waals surface area (Å²) in [7, 11) is 0. The molecule has 2 aliphatic rings. The second kappa shape index (κ2) is 4.67. The van der Waals surface area contributed by atoms with E-state index in [2.05, 4.69) is 27.5 Å². The Labute approximate surface area is 126 Å².